The van der Waals surface area contributed by atoms with Gasteiger partial charge in [0.25, 0.3) is 0 Å². The molecule has 2 rings (SSSR count). The zero-order chi connectivity index (χ0) is 13.1. The second kappa shape index (κ2) is 5.50. The molecule has 2 aromatic rings. The first-order valence-corrected chi connectivity index (χ1v) is 6.25. The van der Waals surface area contributed by atoms with Crippen molar-refractivity contribution in [3.8, 4) is 0 Å². The first-order valence-electron chi connectivity index (χ1n) is 5.88. The zero-order valence-corrected chi connectivity index (χ0v) is 11.2. The van der Waals surface area contributed by atoms with E-state index in [1.54, 1.807) is 6.07 Å². The van der Waals surface area contributed by atoms with Crippen LogP contribution in [0.5, 0.6) is 0 Å². The second-order valence-electron chi connectivity index (χ2n) is 3.97. The average Bonchev–Trinajstić information content (AvgIpc) is 2.68. The van der Waals surface area contributed by atoms with E-state index in [-0.39, 0.29) is 5.78 Å². The van der Waals surface area contributed by atoms with Gasteiger partial charge >= 0.3 is 0 Å². The van der Waals surface area contributed by atoms with Crippen molar-refractivity contribution < 1.29 is 9.53 Å². The van der Waals surface area contributed by atoms with Gasteiger partial charge in [0.05, 0.1) is 17.6 Å². The molecule has 96 valence electrons. The molecular weight excluding hydrogens is 252 g/mol. The van der Waals surface area contributed by atoms with Crippen LogP contribution in [0.1, 0.15) is 24.5 Å². The third-order valence-corrected chi connectivity index (χ3v) is 2.92. The Balaban J connectivity index is 2.47. The molecule has 0 radical (unpaired) electrons. The molecule has 0 aliphatic rings. The van der Waals surface area contributed by atoms with Crippen LogP contribution in [0.25, 0.3) is 11.0 Å². The van der Waals surface area contributed by atoms with Crippen molar-refractivity contribution in [2.24, 2.45) is 0 Å². The number of fused-ring (bicyclic) bond motifs is 1. The lowest BCUT2D eigenvalue weighted by atomic mass is 10.3. The van der Waals surface area contributed by atoms with Crippen LogP contribution < -0.4 is 0 Å². The zero-order valence-electron chi connectivity index (χ0n) is 10.4. The lowest BCUT2D eigenvalue weighted by molar-refractivity contribution is 0.0994. The largest absolute Gasteiger partial charge is 0.380 e. The molecule has 0 unspecified atom stereocenters. The summed E-state index contributed by atoms with van der Waals surface area (Å²) in [5, 5.41) is 0.634. The molecule has 0 amide bonds. The first kappa shape index (κ1) is 13.1. The summed E-state index contributed by atoms with van der Waals surface area (Å²) in [6.07, 6.45) is 0. The topological polar surface area (TPSA) is 44.1 Å². The molecule has 4 nitrogen and oxygen atoms in total. The molecule has 0 spiro atoms. The number of aromatic nitrogens is 2. The number of carbonyl (C=O) groups is 1. The normalized spacial score (nSPS) is 11.1. The maximum Gasteiger partial charge on any atom is 0.195 e. The molecule has 1 aromatic heterocycles. The monoisotopic (exact) mass is 266 g/mol. The predicted octanol–water partition coefficient (Wildman–Crippen LogP) is 2.93. The molecular formula is C13H15ClN2O2. The van der Waals surface area contributed by atoms with Crippen molar-refractivity contribution >= 4 is 28.4 Å². The number of nitrogens with zero attached hydrogens (tertiary/aromatic N) is 2. The van der Waals surface area contributed by atoms with Gasteiger partial charge in [0.2, 0.25) is 0 Å². The minimum atomic E-state index is -0.0566. The van der Waals surface area contributed by atoms with Crippen molar-refractivity contribution in [1.82, 2.24) is 9.55 Å². The fourth-order valence-electron chi connectivity index (χ4n) is 1.89. The van der Waals surface area contributed by atoms with Gasteiger partial charge in [-0.05, 0) is 25.1 Å². The molecule has 0 N–H and O–H groups in total. The number of hydrogen-bond donors (Lipinski definition) is 0. The summed E-state index contributed by atoms with van der Waals surface area (Å²) >= 11 is 5.98. The summed E-state index contributed by atoms with van der Waals surface area (Å²) in [5.74, 6) is 0.394. The fraction of sp³-hybridized carbons (Fsp3) is 0.385. The Kier molecular flexibility index (Phi) is 3.99. The highest BCUT2D eigenvalue weighted by atomic mass is 35.5. The van der Waals surface area contributed by atoms with E-state index >= 15 is 0 Å². The Morgan fingerprint density at radius 3 is 2.94 bits per heavy atom. The van der Waals surface area contributed by atoms with Crippen molar-refractivity contribution in [2.45, 2.75) is 20.4 Å². The van der Waals surface area contributed by atoms with Crippen molar-refractivity contribution in [2.75, 3.05) is 13.2 Å². The van der Waals surface area contributed by atoms with Crippen LogP contribution >= 0.6 is 11.6 Å². The average molecular weight is 267 g/mol. The van der Waals surface area contributed by atoms with E-state index in [9.17, 15) is 4.79 Å². The number of benzene rings is 1. The Hall–Kier alpha value is -1.39. The molecule has 18 heavy (non-hydrogen) atoms. The molecule has 5 heteroatoms. The van der Waals surface area contributed by atoms with Gasteiger partial charge in [-0.1, -0.05) is 11.6 Å². The predicted molar refractivity (Wildman–Crippen MR) is 71.2 cm³/mol. The van der Waals surface area contributed by atoms with Crippen LogP contribution in [0.15, 0.2) is 18.2 Å². The van der Waals surface area contributed by atoms with Gasteiger partial charge in [0.1, 0.15) is 0 Å². The fourth-order valence-corrected chi connectivity index (χ4v) is 2.06. The minimum Gasteiger partial charge on any atom is -0.380 e. The van der Waals surface area contributed by atoms with Gasteiger partial charge in [-0.3, -0.25) is 4.79 Å². The Labute approximate surface area is 111 Å². The summed E-state index contributed by atoms with van der Waals surface area (Å²) in [6.45, 7) is 5.26. The lowest BCUT2D eigenvalue weighted by Crippen LogP contribution is -2.12. The first-order chi connectivity index (χ1) is 8.63. The number of ether oxygens (including phenoxy) is 1. The summed E-state index contributed by atoms with van der Waals surface area (Å²) < 4.78 is 7.19. The molecule has 0 bridgehead atoms. The maximum absolute atomic E-state index is 11.6. The van der Waals surface area contributed by atoms with Gasteiger partial charge in [-0.15, -0.1) is 0 Å². The number of Topliss-reactive ketones (excluding diaryl/α,β-unsaturated/α-hetero) is 1. The highest BCUT2D eigenvalue weighted by Gasteiger charge is 2.14. The Morgan fingerprint density at radius 2 is 2.28 bits per heavy atom. The van der Waals surface area contributed by atoms with Gasteiger partial charge in [-0.25, -0.2) is 4.98 Å². The highest BCUT2D eigenvalue weighted by Crippen LogP contribution is 2.21. The van der Waals surface area contributed by atoms with E-state index < -0.39 is 0 Å². The lowest BCUT2D eigenvalue weighted by Gasteiger charge is -2.07. The van der Waals surface area contributed by atoms with E-state index in [0.29, 0.717) is 30.6 Å². The van der Waals surface area contributed by atoms with Crippen LogP contribution in [0, 0.1) is 0 Å². The van der Waals surface area contributed by atoms with Crippen LogP contribution in [-0.4, -0.2) is 28.5 Å². The number of rotatable bonds is 5. The summed E-state index contributed by atoms with van der Waals surface area (Å²) in [6, 6.07) is 5.41. The second-order valence-corrected chi connectivity index (χ2v) is 4.41. The van der Waals surface area contributed by atoms with Gasteiger partial charge in [-0.2, -0.15) is 0 Å². The number of hydrogen-bond acceptors (Lipinski definition) is 3. The van der Waals surface area contributed by atoms with Crippen LogP contribution in [0.3, 0.4) is 0 Å². The van der Waals surface area contributed by atoms with Crippen LogP contribution in [0.2, 0.25) is 5.02 Å². The van der Waals surface area contributed by atoms with E-state index in [2.05, 4.69) is 4.98 Å². The van der Waals surface area contributed by atoms with Crippen molar-refractivity contribution in [1.29, 1.82) is 0 Å². The third kappa shape index (κ3) is 2.54. The molecule has 0 aliphatic carbocycles. The number of carbonyl (C=O) groups excluding carboxylic acids is 1. The molecule has 0 fully saturated rings. The van der Waals surface area contributed by atoms with Gasteiger partial charge < -0.3 is 9.30 Å². The number of ketones is 1. The standard InChI is InChI=1S/C13H15ClN2O2/c1-3-18-7-6-16-12-8-10(14)4-5-11(12)15-13(16)9(2)17/h4-5,8H,3,6-7H2,1-2H3. The third-order valence-electron chi connectivity index (χ3n) is 2.69. The smallest absolute Gasteiger partial charge is 0.195 e. The van der Waals surface area contributed by atoms with Crippen molar-refractivity contribution in [3.05, 3.63) is 29.0 Å². The molecule has 1 aromatic carbocycles. The summed E-state index contributed by atoms with van der Waals surface area (Å²) in [5.41, 5.74) is 1.65. The van der Waals surface area contributed by atoms with Gasteiger partial charge in [0.15, 0.2) is 11.6 Å². The maximum atomic E-state index is 11.6. The van der Waals surface area contributed by atoms with E-state index in [1.165, 1.54) is 6.92 Å². The van der Waals surface area contributed by atoms with E-state index in [0.717, 1.165) is 11.0 Å². The Bertz CT molecular complexity index is 578. The summed E-state index contributed by atoms with van der Waals surface area (Å²) in [7, 11) is 0. The van der Waals surface area contributed by atoms with Crippen LogP contribution in [0.4, 0.5) is 0 Å². The van der Waals surface area contributed by atoms with Crippen molar-refractivity contribution in [3.63, 3.8) is 0 Å². The van der Waals surface area contributed by atoms with E-state index in [1.807, 2.05) is 23.6 Å². The van der Waals surface area contributed by atoms with Gasteiger partial charge in [0, 0.05) is 25.1 Å². The van der Waals surface area contributed by atoms with Crippen LogP contribution in [-0.2, 0) is 11.3 Å². The number of imidazole rings is 1. The molecule has 0 atom stereocenters. The molecule has 0 saturated heterocycles. The SMILES string of the molecule is CCOCCn1c(C(C)=O)nc2ccc(Cl)cc21. The number of halogens is 1. The molecule has 1 heterocycles. The molecule has 0 saturated carbocycles. The minimum absolute atomic E-state index is 0.0566. The summed E-state index contributed by atoms with van der Waals surface area (Å²) in [4.78, 5) is 15.9. The molecule has 0 aliphatic heterocycles. The Morgan fingerprint density at radius 1 is 1.50 bits per heavy atom. The quantitative estimate of drug-likeness (QED) is 0.617. The highest BCUT2D eigenvalue weighted by molar-refractivity contribution is 6.31. The van der Waals surface area contributed by atoms with E-state index in [4.69, 9.17) is 16.3 Å².